The number of hydrogen-bond acceptors (Lipinski definition) is 3. The normalized spacial score (nSPS) is 11.4. The van der Waals surface area contributed by atoms with Crippen molar-refractivity contribution in [3.63, 3.8) is 0 Å². The Bertz CT molecular complexity index is 806. The van der Waals surface area contributed by atoms with Gasteiger partial charge in [-0.25, -0.2) is 22.3 Å². The van der Waals surface area contributed by atoms with Gasteiger partial charge in [0, 0.05) is 6.54 Å². The average Bonchev–Trinajstić information content (AvgIpc) is 2.46. The molecule has 8 heteroatoms. The van der Waals surface area contributed by atoms with Crippen molar-refractivity contribution < 1.29 is 22.7 Å². The van der Waals surface area contributed by atoms with Gasteiger partial charge in [0.05, 0.1) is 10.6 Å². The molecule has 5 nitrogen and oxygen atoms in total. The van der Waals surface area contributed by atoms with Gasteiger partial charge >= 0.3 is 5.97 Å². The molecule has 0 aliphatic rings. The quantitative estimate of drug-likeness (QED) is 0.874. The van der Waals surface area contributed by atoms with Gasteiger partial charge in [0.15, 0.2) is 0 Å². The highest BCUT2D eigenvalue weighted by Gasteiger charge is 2.19. The molecule has 0 spiro atoms. The van der Waals surface area contributed by atoms with Crippen LogP contribution in [0.4, 0.5) is 4.39 Å². The number of carboxylic acids is 1. The van der Waals surface area contributed by atoms with Crippen molar-refractivity contribution in [2.75, 3.05) is 0 Å². The maximum atomic E-state index is 12.8. The highest BCUT2D eigenvalue weighted by molar-refractivity contribution is 7.89. The van der Waals surface area contributed by atoms with E-state index in [9.17, 15) is 17.6 Å². The minimum atomic E-state index is -3.99. The van der Waals surface area contributed by atoms with E-state index in [0.717, 1.165) is 6.07 Å². The summed E-state index contributed by atoms with van der Waals surface area (Å²) in [6.07, 6.45) is 0. The zero-order valence-electron chi connectivity index (χ0n) is 11.1. The van der Waals surface area contributed by atoms with Gasteiger partial charge in [-0.3, -0.25) is 0 Å². The molecule has 0 fully saturated rings. The van der Waals surface area contributed by atoms with Crippen LogP contribution in [0.25, 0.3) is 0 Å². The lowest BCUT2D eigenvalue weighted by molar-refractivity contribution is 0.0696. The van der Waals surface area contributed by atoms with E-state index in [-0.39, 0.29) is 22.0 Å². The Labute approximate surface area is 131 Å². The van der Waals surface area contributed by atoms with E-state index in [4.69, 9.17) is 16.7 Å². The van der Waals surface area contributed by atoms with Crippen LogP contribution in [0.15, 0.2) is 47.4 Å². The summed E-state index contributed by atoms with van der Waals surface area (Å²) in [5.41, 5.74) is 0.363. The van der Waals surface area contributed by atoms with Crippen molar-refractivity contribution in [3.05, 3.63) is 64.4 Å². The number of carbonyl (C=O) groups is 1. The van der Waals surface area contributed by atoms with Gasteiger partial charge < -0.3 is 5.11 Å². The minimum absolute atomic E-state index is 0.0732. The second kappa shape index (κ2) is 6.43. The van der Waals surface area contributed by atoms with E-state index in [1.54, 1.807) is 0 Å². The van der Waals surface area contributed by atoms with Gasteiger partial charge in [0.2, 0.25) is 10.0 Å². The molecule has 0 bridgehead atoms. The fourth-order valence-electron chi connectivity index (χ4n) is 1.70. The number of hydrogen-bond donors (Lipinski definition) is 2. The molecule has 0 aliphatic carbocycles. The molecule has 2 aromatic carbocycles. The molecule has 0 heterocycles. The summed E-state index contributed by atoms with van der Waals surface area (Å²) < 4.78 is 39.5. The second-order valence-corrected chi connectivity index (χ2v) is 6.54. The average molecular weight is 344 g/mol. The molecule has 0 aliphatic heterocycles. The summed E-state index contributed by atoms with van der Waals surface area (Å²) in [6, 6.07) is 8.70. The third kappa shape index (κ3) is 3.82. The first-order chi connectivity index (χ1) is 10.3. The summed E-state index contributed by atoms with van der Waals surface area (Å²) >= 11 is 5.83. The zero-order valence-corrected chi connectivity index (χ0v) is 12.7. The van der Waals surface area contributed by atoms with Gasteiger partial charge in [0.25, 0.3) is 0 Å². The first kappa shape index (κ1) is 16.4. The lowest BCUT2D eigenvalue weighted by atomic mass is 10.2. The van der Waals surface area contributed by atoms with Gasteiger partial charge in [-0.2, -0.15) is 0 Å². The molecule has 0 radical (unpaired) electrons. The number of sulfonamides is 1. The van der Waals surface area contributed by atoms with Crippen LogP contribution in [-0.4, -0.2) is 19.5 Å². The topological polar surface area (TPSA) is 83.5 Å². The Balaban J connectivity index is 2.25. The van der Waals surface area contributed by atoms with Crippen LogP contribution < -0.4 is 4.72 Å². The highest BCUT2D eigenvalue weighted by Crippen LogP contribution is 2.23. The van der Waals surface area contributed by atoms with Crippen molar-refractivity contribution in [3.8, 4) is 0 Å². The minimum Gasteiger partial charge on any atom is -0.478 e. The van der Waals surface area contributed by atoms with E-state index >= 15 is 0 Å². The van der Waals surface area contributed by atoms with E-state index in [2.05, 4.69) is 4.72 Å². The van der Waals surface area contributed by atoms with E-state index in [1.165, 1.54) is 36.4 Å². The number of rotatable bonds is 5. The third-order valence-electron chi connectivity index (χ3n) is 2.85. The molecule has 0 atom stereocenters. The lowest BCUT2D eigenvalue weighted by Crippen LogP contribution is -2.24. The number of benzene rings is 2. The SMILES string of the molecule is O=C(O)c1ccc(Cl)c(S(=O)(=O)NCc2ccc(F)cc2)c1. The van der Waals surface area contributed by atoms with Crippen LogP contribution in [0, 0.1) is 5.82 Å². The van der Waals surface area contributed by atoms with Crippen LogP contribution in [0.5, 0.6) is 0 Å². The Kier molecular flexibility index (Phi) is 4.80. The molecule has 0 unspecified atom stereocenters. The van der Waals surface area contributed by atoms with Crippen LogP contribution >= 0.6 is 11.6 Å². The molecule has 2 N–H and O–H groups in total. The second-order valence-electron chi connectivity index (χ2n) is 4.40. The van der Waals surface area contributed by atoms with Crippen molar-refractivity contribution >= 4 is 27.6 Å². The zero-order chi connectivity index (χ0) is 16.3. The molecule has 0 saturated carbocycles. The van der Waals surface area contributed by atoms with E-state index in [1.807, 2.05) is 0 Å². The van der Waals surface area contributed by atoms with Crippen LogP contribution in [0.2, 0.25) is 5.02 Å². The van der Waals surface area contributed by atoms with Crippen molar-refractivity contribution in [2.24, 2.45) is 0 Å². The number of halogens is 2. The predicted octanol–water partition coefficient (Wildman–Crippen LogP) is 2.66. The summed E-state index contributed by atoms with van der Waals surface area (Å²) in [5.74, 6) is -1.68. The number of aromatic carboxylic acids is 1. The molecular weight excluding hydrogens is 333 g/mol. The fourth-order valence-corrected chi connectivity index (χ4v) is 3.24. The Morgan fingerprint density at radius 3 is 2.41 bits per heavy atom. The Hall–Kier alpha value is -1.96. The van der Waals surface area contributed by atoms with Gasteiger partial charge in [-0.15, -0.1) is 0 Å². The lowest BCUT2D eigenvalue weighted by Gasteiger charge is -2.09. The summed E-state index contributed by atoms with van der Waals surface area (Å²) in [4.78, 5) is 10.6. The summed E-state index contributed by atoms with van der Waals surface area (Å²) in [5, 5.41) is 8.82. The molecule has 2 aromatic rings. The summed E-state index contributed by atoms with van der Waals surface area (Å²) in [6.45, 7) is -0.0732. The maximum absolute atomic E-state index is 12.8. The third-order valence-corrected chi connectivity index (χ3v) is 4.73. The first-order valence-corrected chi connectivity index (χ1v) is 7.92. The van der Waals surface area contributed by atoms with E-state index in [0.29, 0.717) is 5.56 Å². The smallest absolute Gasteiger partial charge is 0.335 e. The van der Waals surface area contributed by atoms with Gasteiger partial charge in [-0.05, 0) is 35.9 Å². The molecule has 22 heavy (non-hydrogen) atoms. The molecule has 2 rings (SSSR count). The van der Waals surface area contributed by atoms with Gasteiger partial charge in [0.1, 0.15) is 10.7 Å². The standard InChI is InChI=1S/C14H11ClFNO4S/c15-12-6-3-10(14(18)19)7-13(12)22(20,21)17-8-9-1-4-11(16)5-2-9/h1-7,17H,8H2,(H,18,19). The van der Waals surface area contributed by atoms with Crippen molar-refractivity contribution in [2.45, 2.75) is 11.4 Å². The number of nitrogens with one attached hydrogen (secondary N) is 1. The number of carboxylic acid groups (broad SMARTS) is 1. The monoisotopic (exact) mass is 343 g/mol. The van der Waals surface area contributed by atoms with Crippen LogP contribution in [0.3, 0.4) is 0 Å². The molecular formula is C14H11ClFNO4S. The van der Waals surface area contributed by atoms with Crippen LogP contribution in [-0.2, 0) is 16.6 Å². The van der Waals surface area contributed by atoms with Crippen LogP contribution in [0.1, 0.15) is 15.9 Å². The predicted molar refractivity (Wildman–Crippen MR) is 78.8 cm³/mol. The molecule has 0 aromatic heterocycles. The molecule has 0 saturated heterocycles. The first-order valence-electron chi connectivity index (χ1n) is 6.06. The highest BCUT2D eigenvalue weighted by atomic mass is 35.5. The Morgan fingerprint density at radius 2 is 1.82 bits per heavy atom. The van der Waals surface area contributed by atoms with Crippen molar-refractivity contribution in [1.29, 1.82) is 0 Å². The maximum Gasteiger partial charge on any atom is 0.335 e. The van der Waals surface area contributed by atoms with Crippen molar-refractivity contribution in [1.82, 2.24) is 4.72 Å². The van der Waals surface area contributed by atoms with E-state index < -0.39 is 21.8 Å². The summed E-state index contributed by atoms with van der Waals surface area (Å²) in [7, 11) is -3.99. The molecule has 0 amide bonds. The van der Waals surface area contributed by atoms with Gasteiger partial charge in [-0.1, -0.05) is 23.7 Å². The Morgan fingerprint density at radius 1 is 1.18 bits per heavy atom. The largest absolute Gasteiger partial charge is 0.478 e. The fraction of sp³-hybridized carbons (Fsp3) is 0.0714. The molecule has 116 valence electrons.